The number of ketones is 1. The van der Waals surface area contributed by atoms with Crippen LogP contribution in [0.25, 0.3) is 0 Å². The Morgan fingerprint density at radius 2 is 1.85 bits per heavy atom. The number of hydrogen-bond acceptors (Lipinski definition) is 5. The van der Waals surface area contributed by atoms with Crippen molar-refractivity contribution in [3.8, 4) is 5.75 Å². The summed E-state index contributed by atoms with van der Waals surface area (Å²) in [5.41, 5.74) is 0.463. The molecule has 27 heavy (non-hydrogen) atoms. The zero-order valence-corrected chi connectivity index (χ0v) is 16.3. The van der Waals surface area contributed by atoms with Crippen molar-refractivity contribution < 1.29 is 13.9 Å². The molecule has 1 heterocycles. The van der Waals surface area contributed by atoms with E-state index in [2.05, 4.69) is 10.2 Å². The summed E-state index contributed by atoms with van der Waals surface area (Å²) in [5.74, 6) is 0.845. The first-order valence-corrected chi connectivity index (χ1v) is 9.43. The Hall–Kier alpha value is -2.38. The average Bonchev–Trinajstić information content (AvgIpc) is 3.01. The van der Waals surface area contributed by atoms with E-state index in [-0.39, 0.29) is 23.5 Å². The zero-order valence-electron chi connectivity index (χ0n) is 14.7. The molecule has 1 aromatic heterocycles. The van der Waals surface area contributed by atoms with E-state index in [4.69, 9.17) is 16.3 Å². The van der Waals surface area contributed by atoms with Crippen molar-refractivity contribution in [2.24, 2.45) is 7.05 Å². The molecule has 3 rings (SSSR count). The molecule has 0 aliphatic carbocycles. The van der Waals surface area contributed by atoms with Crippen LogP contribution in [0.3, 0.4) is 0 Å². The monoisotopic (exact) mass is 405 g/mol. The van der Waals surface area contributed by atoms with E-state index in [1.807, 2.05) is 7.05 Å². The number of hydrogen-bond donors (Lipinski definition) is 0. The van der Waals surface area contributed by atoms with Gasteiger partial charge in [0.25, 0.3) is 0 Å². The molecule has 0 spiro atoms. The number of rotatable bonds is 7. The highest BCUT2D eigenvalue weighted by atomic mass is 35.5. The fraction of sp³-hybridized carbons (Fsp3) is 0.211. The predicted molar refractivity (Wildman–Crippen MR) is 103 cm³/mol. The van der Waals surface area contributed by atoms with Gasteiger partial charge in [0.2, 0.25) is 0 Å². The van der Waals surface area contributed by atoms with E-state index in [9.17, 15) is 9.18 Å². The molecule has 1 unspecified atom stereocenters. The number of carbonyl (C=O) groups excluding carboxylic acids is 1. The fourth-order valence-corrected chi connectivity index (χ4v) is 3.35. The average molecular weight is 406 g/mol. The molecule has 5 nitrogen and oxygen atoms in total. The minimum Gasteiger partial charge on any atom is -0.486 e. The van der Waals surface area contributed by atoms with Crippen molar-refractivity contribution in [2.75, 3.05) is 0 Å². The van der Waals surface area contributed by atoms with Gasteiger partial charge in [0, 0.05) is 17.6 Å². The van der Waals surface area contributed by atoms with E-state index >= 15 is 0 Å². The number of nitrogens with zero attached hydrogens (tertiary/aromatic N) is 3. The standard InChI is InChI=1S/C19H17ClFN3O2S/c1-12(18(25)13-3-7-15(21)8-4-13)27-19-23-22-17(24(19)2)11-26-16-9-5-14(20)6-10-16/h3-10,12H,11H2,1-2H3. The maximum atomic E-state index is 13.0. The Kier molecular flexibility index (Phi) is 6.13. The summed E-state index contributed by atoms with van der Waals surface area (Å²) in [6.45, 7) is 2.03. The number of ether oxygens (including phenoxy) is 1. The molecule has 1 atom stereocenters. The Morgan fingerprint density at radius 3 is 2.52 bits per heavy atom. The lowest BCUT2D eigenvalue weighted by molar-refractivity contribution is 0.0994. The summed E-state index contributed by atoms with van der Waals surface area (Å²) in [7, 11) is 1.82. The molecule has 0 bridgehead atoms. The normalized spacial score (nSPS) is 12.0. The van der Waals surface area contributed by atoms with Gasteiger partial charge in [-0.2, -0.15) is 0 Å². The third-order valence-electron chi connectivity index (χ3n) is 3.89. The second-order valence-electron chi connectivity index (χ2n) is 5.83. The first-order chi connectivity index (χ1) is 12.9. The van der Waals surface area contributed by atoms with Crippen molar-refractivity contribution in [2.45, 2.75) is 23.9 Å². The molecule has 0 aliphatic heterocycles. The van der Waals surface area contributed by atoms with Crippen molar-refractivity contribution in [3.63, 3.8) is 0 Å². The number of benzene rings is 2. The first kappa shape index (κ1) is 19.4. The smallest absolute Gasteiger partial charge is 0.191 e. The van der Waals surface area contributed by atoms with Crippen LogP contribution in [0.2, 0.25) is 5.02 Å². The molecule has 0 fully saturated rings. The molecule has 0 saturated heterocycles. The molecule has 0 radical (unpaired) electrons. The molecule has 140 valence electrons. The van der Waals surface area contributed by atoms with Gasteiger partial charge in [-0.1, -0.05) is 23.4 Å². The zero-order chi connectivity index (χ0) is 19.4. The van der Waals surface area contributed by atoms with Gasteiger partial charge < -0.3 is 9.30 Å². The van der Waals surface area contributed by atoms with Crippen LogP contribution in [-0.2, 0) is 13.7 Å². The topological polar surface area (TPSA) is 57.0 Å². The van der Waals surface area contributed by atoms with Crippen molar-refractivity contribution in [3.05, 3.63) is 70.8 Å². The van der Waals surface area contributed by atoms with Crippen LogP contribution in [0, 0.1) is 5.82 Å². The van der Waals surface area contributed by atoms with Gasteiger partial charge in [0.15, 0.2) is 16.8 Å². The first-order valence-electron chi connectivity index (χ1n) is 8.17. The molecule has 3 aromatic rings. The number of halogens is 2. The lowest BCUT2D eigenvalue weighted by Crippen LogP contribution is -2.14. The molecular weight excluding hydrogens is 389 g/mol. The maximum Gasteiger partial charge on any atom is 0.191 e. The number of Topliss-reactive ketones (excluding diaryl/α,β-unsaturated/α-hetero) is 1. The van der Waals surface area contributed by atoms with Crippen LogP contribution < -0.4 is 4.74 Å². The quantitative estimate of drug-likeness (QED) is 0.426. The van der Waals surface area contributed by atoms with Crippen LogP contribution in [0.15, 0.2) is 53.7 Å². The molecule has 0 aliphatic rings. The Morgan fingerprint density at radius 1 is 1.19 bits per heavy atom. The summed E-state index contributed by atoms with van der Waals surface area (Å²) < 4.78 is 20.5. The SMILES string of the molecule is CC(Sc1nnc(COc2ccc(Cl)cc2)n1C)C(=O)c1ccc(F)cc1. The minimum absolute atomic E-state index is 0.0954. The van der Waals surface area contributed by atoms with E-state index < -0.39 is 0 Å². The van der Waals surface area contributed by atoms with E-state index in [1.54, 1.807) is 35.8 Å². The van der Waals surface area contributed by atoms with Crippen LogP contribution in [0.5, 0.6) is 5.75 Å². The van der Waals surface area contributed by atoms with Gasteiger partial charge in [0.1, 0.15) is 18.2 Å². The fourth-order valence-electron chi connectivity index (χ4n) is 2.31. The molecular formula is C19H17ClFN3O2S. The number of thioether (sulfide) groups is 1. The van der Waals surface area contributed by atoms with Crippen molar-refractivity contribution in [1.29, 1.82) is 0 Å². The highest BCUT2D eigenvalue weighted by molar-refractivity contribution is 8.00. The van der Waals surface area contributed by atoms with Crippen LogP contribution in [0.4, 0.5) is 4.39 Å². The molecule has 2 aromatic carbocycles. The number of aromatic nitrogens is 3. The number of carbonyl (C=O) groups is 1. The summed E-state index contributed by atoms with van der Waals surface area (Å²) >= 11 is 7.15. The summed E-state index contributed by atoms with van der Waals surface area (Å²) in [6, 6.07) is 12.6. The van der Waals surface area contributed by atoms with Crippen molar-refractivity contribution in [1.82, 2.24) is 14.8 Å². The maximum absolute atomic E-state index is 13.0. The van der Waals surface area contributed by atoms with E-state index in [1.165, 1.54) is 36.0 Å². The highest BCUT2D eigenvalue weighted by Crippen LogP contribution is 2.25. The van der Waals surface area contributed by atoms with E-state index in [0.29, 0.717) is 27.3 Å². The van der Waals surface area contributed by atoms with Crippen LogP contribution in [-0.4, -0.2) is 25.8 Å². The Labute approximate surface area is 165 Å². The van der Waals surface area contributed by atoms with Crippen molar-refractivity contribution >= 4 is 29.1 Å². The third-order valence-corrected chi connectivity index (χ3v) is 5.27. The second-order valence-corrected chi connectivity index (χ2v) is 7.58. The van der Waals surface area contributed by atoms with Gasteiger partial charge in [-0.25, -0.2) is 4.39 Å². The Bertz CT molecular complexity index is 929. The van der Waals surface area contributed by atoms with Gasteiger partial charge in [-0.15, -0.1) is 10.2 Å². The molecule has 0 saturated carbocycles. The van der Waals surface area contributed by atoms with Gasteiger partial charge in [-0.05, 0) is 55.5 Å². The third kappa shape index (κ3) is 4.87. The predicted octanol–water partition coefficient (Wildman–Crippen LogP) is 4.55. The minimum atomic E-state index is -0.386. The van der Waals surface area contributed by atoms with Gasteiger partial charge in [-0.3, -0.25) is 4.79 Å². The molecule has 0 N–H and O–H groups in total. The lowest BCUT2D eigenvalue weighted by atomic mass is 10.1. The summed E-state index contributed by atoms with van der Waals surface area (Å²) in [5, 5.41) is 9.12. The Balaban J connectivity index is 1.63. The highest BCUT2D eigenvalue weighted by Gasteiger charge is 2.20. The summed E-state index contributed by atoms with van der Waals surface area (Å²) in [4.78, 5) is 12.5. The van der Waals surface area contributed by atoms with E-state index in [0.717, 1.165) is 0 Å². The molecule has 8 heteroatoms. The van der Waals surface area contributed by atoms with Gasteiger partial charge >= 0.3 is 0 Å². The van der Waals surface area contributed by atoms with Gasteiger partial charge in [0.05, 0.1) is 5.25 Å². The largest absolute Gasteiger partial charge is 0.486 e. The summed E-state index contributed by atoms with van der Waals surface area (Å²) in [6.07, 6.45) is 0. The second kappa shape index (κ2) is 8.54. The lowest BCUT2D eigenvalue weighted by Gasteiger charge is -2.10. The molecule has 0 amide bonds. The van der Waals surface area contributed by atoms with Crippen LogP contribution >= 0.6 is 23.4 Å². The van der Waals surface area contributed by atoms with Crippen LogP contribution in [0.1, 0.15) is 23.1 Å².